The monoisotopic (exact) mass is 256 g/mol. The van der Waals surface area contributed by atoms with Crippen LogP contribution in [-0.4, -0.2) is 25.0 Å². The molecule has 0 amide bonds. The third kappa shape index (κ3) is 3.50. The second kappa shape index (κ2) is 5.25. The Kier molecular flexibility index (Phi) is 4.59. The molecule has 0 aromatic carbocycles. The van der Waals surface area contributed by atoms with Gasteiger partial charge in [0.1, 0.15) is 6.61 Å². The highest BCUT2D eigenvalue weighted by Gasteiger charge is 2.33. The first-order valence-corrected chi connectivity index (χ1v) is 5.72. The van der Waals surface area contributed by atoms with Gasteiger partial charge in [0.25, 0.3) is 6.43 Å². The summed E-state index contributed by atoms with van der Waals surface area (Å²) in [6, 6.07) is 0. The molecule has 1 nitrogen and oxygen atoms in total. The molecule has 0 saturated heterocycles. The lowest BCUT2D eigenvalue weighted by Crippen LogP contribution is -2.26. The van der Waals surface area contributed by atoms with Crippen LogP contribution in [-0.2, 0) is 4.74 Å². The first-order chi connectivity index (χ1) is 6.18. The van der Waals surface area contributed by atoms with Crippen LogP contribution in [0, 0.1) is 5.41 Å². The van der Waals surface area contributed by atoms with Crippen LogP contribution in [0.2, 0.25) is 0 Å². The molecule has 1 fully saturated rings. The molecule has 1 aliphatic rings. The molecular formula is C9H15BrF2O. The van der Waals surface area contributed by atoms with Gasteiger partial charge in [-0.1, -0.05) is 28.8 Å². The number of hydrogen-bond donors (Lipinski definition) is 0. The smallest absolute Gasteiger partial charge is 0.261 e. The zero-order valence-corrected chi connectivity index (χ0v) is 9.16. The Labute approximate surface area is 86.0 Å². The highest BCUT2D eigenvalue weighted by atomic mass is 79.9. The summed E-state index contributed by atoms with van der Waals surface area (Å²) in [4.78, 5) is 0. The van der Waals surface area contributed by atoms with Gasteiger partial charge in [-0.3, -0.25) is 0 Å². The Hall–Kier alpha value is 0.300. The number of rotatable bonds is 5. The summed E-state index contributed by atoms with van der Waals surface area (Å²) in [5.41, 5.74) is 0.134. The van der Waals surface area contributed by atoms with Crippen LogP contribution in [0.15, 0.2) is 0 Å². The highest BCUT2D eigenvalue weighted by molar-refractivity contribution is 9.09. The van der Waals surface area contributed by atoms with Crippen molar-refractivity contribution in [3.05, 3.63) is 0 Å². The third-order valence-corrected chi connectivity index (χ3v) is 3.79. The Morgan fingerprint density at radius 1 is 1.31 bits per heavy atom. The summed E-state index contributed by atoms with van der Waals surface area (Å²) in [5.74, 6) is 0. The molecule has 0 aliphatic heterocycles. The fourth-order valence-electron chi connectivity index (χ4n) is 1.81. The molecule has 0 aromatic heterocycles. The van der Waals surface area contributed by atoms with Crippen LogP contribution in [0.4, 0.5) is 8.78 Å². The van der Waals surface area contributed by atoms with E-state index in [4.69, 9.17) is 4.74 Å². The van der Waals surface area contributed by atoms with Crippen molar-refractivity contribution in [2.45, 2.75) is 32.1 Å². The Bertz CT molecular complexity index is 147. The molecular weight excluding hydrogens is 242 g/mol. The Morgan fingerprint density at radius 3 is 2.38 bits per heavy atom. The van der Waals surface area contributed by atoms with Crippen molar-refractivity contribution in [2.75, 3.05) is 18.5 Å². The van der Waals surface area contributed by atoms with Crippen molar-refractivity contribution in [1.29, 1.82) is 0 Å². The predicted molar refractivity (Wildman–Crippen MR) is 51.5 cm³/mol. The van der Waals surface area contributed by atoms with Gasteiger partial charge >= 0.3 is 0 Å². The zero-order valence-electron chi connectivity index (χ0n) is 7.57. The van der Waals surface area contributed by atoms with Crippen molar-refractivity contribution < 1.29 is 13.5 Å². The third-order valence-electron chi connectivity index (χ3n) is 2.60. The van der Waals surface area contributed by atoms with E-state index in [9.17, 15) is 8.78 Å². The minimum Gasteiger partial charge on any atom is -0.375 e. The topological polar surface area (TPSA) is 9.23 Å². The second-order valence-corrected chi connectivity index (χ2v) is 4.31. The zero-order chi connectivity index (χ0) is 9.73. The van der Waals surface area contributed by atoms with E-state index in [1.165, 1.54) is 12.8 Å². The molecule has 4 heteroatoms. The molecule has 0 bridgehead atoms. The predicted octanol–water partition coefficient (Wildman–Crippen LogP) is 3.22. The van der Waals surface area contributed by atoms with Crippen molar-refractivity contribution in [3.8, 4) is 0 Å². The van der Waals surface area contributed by atoms with E-state index in [0.717, 1.165) is 18.2 Å². The summed E-state index contributed by atoms with van der Waals surface area (Å²) in [5, 5.41) is 0.864. The van der Waals surface area contributed by atoms with Gasteiger partial charge in [-0.15, -0.1) is 0 Å². The highest BCUT2D eigenvalue weighted by Crippen LogP contribution is 2.39. The molecule has 1 rings (SSSR count). The lowest BCUT2D eigenvalue weighted by Gasteiger charge is -2.25. The number of alkyl halides is 3. The first-order valence-electron chi connectivity index (χ1n) is 4.60. The van der Waals surface area contributed by atoms with E-state index in [-0.39, 0.29) is 5.41 Å². The normalized spacial score (nSPS) is 21.2. The van der Waals surface area contributed by atoms with Gasteiger partial charge < -0.3 is 4.74 Å². The summed E-state index contributed by atoms with van der Waals surface area (Å²) in [6.07, 6.45) is 2.25. The molecule has 0 radical (unpaired) electrons. The minimum absolute atomic E-state index is 0.134. The summed E-state index contributed by atoms with van der Waals surface area (Å²) in [6.45, 7) is 0.0529. The Balaban J connectivity index is 2.23. The molecule has 78 valence electrons. The van der Waals surface area contributed by atoms with E-state index in [2.05, 4.69) is 15.9 Å². The van der Waals surface area contributed by atoms with Crippen LogP contribution in [0.1, 0.15) is 25.7 Å². The molecule has 1 aliphatic carbocycles. The summed E-state index contributed by atoms with van der Waals surface area (Å²) in [7, 11) is 0. The summed E-state index contributed by atoms with van der Waals surface area (Å²) < 4.78 is 28.6. The van der Waals surface area contributed by atoms with Crippen molar-refractivity contribution in [1.82, 2.24) is 0 Å². The molecule has 0 N–H and O–H groups in total. The fraction of sp³-hybridized carbons (Fsp3) is 1.00. The lowest BCUT2D eigenvalue weighted by atomic mass is 9.90. The largest absolute Gasteiger partial charge is 0.375 e. The van der Waals surface area contributed by atoms with Gasteiger partial charge in [0.15, 0.2) is 0 Å². The van der Waals surface area contributed by atoms with Crippen molar-refractivity contribution >= 4 is 15.9 Å². The van der Waals surface area contributed by atoms with Crippen LogP contribution in [0.3, 0.4) is 0 Å². The molecule has 0 unspecified atom stereocenters. The standard InChI is InChI=1S/C9H15BrF2O/c10-6-9(3-1-2-4-9)7-13-5-8(11)12/h8H,1-7H2. The molecule has 0 heterocycles. The molecule has 0 aromatic rings. The fourth-order valence-corrected chi connectivity index (χ4v) is 2.53. The van der Waals surface area contributed by atoms with Gasteiger partial charge in [0, 0.05) is 10.7 Å². The number of ether oxygens (including phenoxy) is 1. The van der Waals surface area contributed by atoms with Gasteiger partial charge in [0.05, 0.1) is 6.61 Å². The molecule has 0 spiro atoms. The Morgan fingerprint density at radius 2 is 1.92 bits per heavy atom. The van der Waals surface area contributed by atoms with E-state index in [0.29, 0.717) is 6.61 Å². The van der Waals surface area contributed by atoms with Gasteiger partial charge in [-0.2, -0.15) is 0 Å². The minimum atomic E-state index is -2.34. The quantitative estimate of drug-likeness (QED) is 0.687. The first kappa shape index (κ1) is 11.4. The molecule has 1 saturated carbocycles. The van der Waals surface area contributed by atoms with Gasteiger partial charge in [0.2, 0.25) is 0 Å². The van der Waals surface area contributed by atoms with Crippen molar-refractivity contribution in [3.63, 3.8) is 0 Å². The molecule has 0 atom stereocenters. The van der Waals surface area contributed by atoms with E-state index in [1.54, 1.807) is 0 Å². The van der Waals surface area contributed by atoms with E-state index in [1.807, 2.05) is 0 Å². The van der Waals surface area contributed by atoms with Crippen LogP contribution in [0.25, 0.3) is 0 Å². The van der Waals surface area contributed by atoms with E-state index >= 15 is 0 Å². The van der Waals surface area contributed by atoms with E-state index < -0.39 is 13.0 Å². The lowest BCUT2D eigenvalue weighted by molar-refractivity contribution is -0.0137. The maximum atomic E-state index is 11.8. The maximum absolute atomic E-state index is 11.8. The second-order valence-electron chi connectivity index (χ2n) is 3.75. The summed E-state index contributed by atoms with van der Waals surface area (Å²) >= 11 is 3.43. The van der Waals surface area contributed by atoms with Crippen LogP contribution < -0.4 is 0 Å². The van der Waals surface area contributed by atoms with Crippen LogP contribution in [0.5, 0.6) is 0 Å². The number of halogens is 3. The average molecular weight is 257 g/mol. The van der Waals surface area contributed by atoms with Crippen LogP contribution >= 0.6 is 15.9 Å². The SMILES string of the molecule is FC(F)COCC1(CBr)CCCC1. The number of hydrogen-bond acceptors (Lipinski definition) is 1. The molecule has 13 heavy (non-hydrogen) atoms. The maximum Gasteiger partial charge on any atom is 0.261 e. The van der Waals surface area contributed by atoms with Gasteiger partial charge in [-0.25, -0.2) is 8.78 Å². The average Bonchev–Trinajstić information content (AvgIpc) is 2.53. The van der Waals surface area contributed by atoms with Gasteiger partial charge in [-0.05, 0) is 12.8 Å². The van der Waals surface area contributed by atoms with Crippen molar-refractivity contribution in [2.24, 2.45) is 5.41 Å².